The van der Waals surface area contributed by atoms with Crippen molar-refractivity contribution >= 4 is 50.1 Å². The van der Waals surface area contributed by atoms with Crippen LogP contribution in [0.1, 0.15) is 11.3 Å². The van der Waals surface area contributed by atoms with Gasteiger partial charge in [-0.3, -0.25) is 0 Å². The molecule has 0 bridgehead atoms. The van der Waals surface area contributed by atoms with Gasteiger partial charge in [0.05, 0.1) is 10.5 Å². The molecule has 5 rings (SSSR count). The van der Waals surface area contributed by atoms with Gasteiger partial charge in [-0.15, -0.1) is 0 Å². The number of sulfone groups is 1. The van der Waals surface area contributed by atoms with E-state index in [0.717, 1.165) is 23.4 Å². The summed E-state index contributed by atoms with van der Waals surface area (Å²) in [4.78, 5) is 8.73. The summed E-state index contributed by atoms with van der Waals surface area (Å²) in [6.45, 7) is 0.0472. The van der Waals surface area contributed by atoms with Crippen LogP contribution in [0.5, 0.6) is 5.75 Å². The van der Waals surface area contributed by atoms with E-state index in [2.05, 4.69) is 15.3 Å². The van der Waals surface area contributed by atoms with Gasteiger partial charge in [-0.1, -0.05) is 23.7 Å². The molecule has 0 saturated carbocycles. The zero-order chi connectivity index (χ0) is 29.0. The second kappa shape index (κ2) is 11.9. The van der Waals surface area contributed by atoms with Gasteiger partial charge >= 0.3 is 0 Å². The molecular weight excluding hydrogens is 571 g/mol. The van der Waals surface area contributed by atoms with Crippen molar-refractivity contribution in [2.75, 3.05) is 17.3 Å². The molecule has 9 nitrogen and oxygen atoms in total. The molecule has 2 aromatic heterocycles. The highest BCUT2D eigenvalue weighted by Gasteiger charge is 2.13. The quantitative estimate of drug-likeness (QED) is 0.0887. The molecule has 0 spiro atoms. The number of nitrogens with one attached hydrogen (secondary N) is 1. The number of rotatable bonds is 10. The Morgan fingerprint density at radius 2 is 1.95 bits per heavy atom. The molecule has 0 aliphatic rings. The lowest BCUT2D eigenvalue weighted by atomic mass is 10.1. The molecule has 0 aliphatic heterocycles. The average Bonchev–Trinajstić information content (AvgIpc) is 3.39. The molecule has 5 aromatic rings. The molecule has 210 valence electrons. The summed E-state index contributed by atoms with van der Waals surface area (Å²) < 4.78 is 48.1. The number of furan rings is 1. The summed E-state index contributed by atoms with van der Waals surface area (Å²) in [7, 11) is -3.29. The van der Waals surface area contributed by atoms with Crippen LogP contribution in [0.3, 0.4) is 0 Å². The third kappa shape index (κ3) is 7.38. The number of nitrogens with zero attached hydrogens (tertiary/aromatic N) is 3. The first-order valence-electron chi connectivity index (χ1n) is 12.4. The molecule has 1 N–H and O–H groups in total. The van der Waals surface area contributed by atoms with Crippen molar-refractivity contribution < 1.29 is 26.7 Å². The lowest BCUT2D eigenvalue weighted by Gasteiger charge is -2.12. The molecule has 41 heavy (non-hydrogen) atoms. The van der Waals surface area contributed by atoms with Gasteiger partial charge in [0.1, 0.15) is 41.8 Å². The van der Waals surface area contributed by atoms with Crippen molar-refractivity contribution in [3.05, 3.63) is 106 Å². The summed E-state index contributed by atoms with van der Waals surface area (Å²) in [6.07, 6.45) is 3.58. The summed E-state index contributed by atoms with van der Waals surface area (Å²) in [5, 5.41) is 16.4. The van der Waals surface area contributed by atoms with Crippen molar-refractivity contribution in [3.63, 3.8) is 0 Å². The molecule has 3 aromatic carbocycles. The van der Waals surface area contributed by atoms with E-state index in [0.29, 0.717) is 49.6 Å². The minimum Gasteiger partial charge on any atom is -0.624 e. The van der Waals surface area contributed by atoms with E-state index < -0.39 is 9.84 Å². The fraction of sp³-hybridized carbons (Fsp3) is 0.138. The Labute approximate surface area is 240 Å². The minimum atomic E-state index is -3.29. The maximum atomic E-state index is 13.4. The first kappa shape index (κ1) is 28.1. The van der Waals surface area contributed by atoms with E-state index in [1.165, 1.54) is 18.5 Å². The van der Waals surface area contributed by atoms with Crippen LogP contribution in [-0.2, 0) is 23.0 Å². The van der Waals surface area contributed by atoms with Crippen molar-refractivity contribution in [2.45, 2.75) is 13.2 Å². The molecule has 0 saturated heterocycles. The number of fused-ring (bicyclic) bond motifs is 1. The van der Waals surface area contributed by atoms with E-state index in [-0.39, 0.29) is 24.7 Å². The largest absolute Gasteiger partial charge is 0.624 e. The summed E-state index contributed by atoms with van der Waals surface area (Å²) >= 11 is 6.45. The molecule has 12 heteroatoms. The fourth-order valence-electron chi connectivity index (χ4n) is 3.98. The molecule has 0 fully saturated rings. The second-order valence-corrected chi connectivity index (χ2v) is 11.9. The van der Waals surface area contributed by atoms with Gasteiger partial charge in [0.2, 0.25) is 6.54 Å². The van der Waals surface area contributed by atoms with Gasteiger partial charge in [0.25, 0.3) is 0 Å². The van der Waals surface area contributed by atoms with Crippen LogP contribution in [-0.4, -0.2) is 41.3 Å². The van der Waals surface area contributed by atoms with E-state index in [4.69, 9.17) is 20.8 Å². The van der Waals surface area contributed by atoms with E-state index >= 15 is 0 Å². The van der Waals surface area contributed by atoms with Crippen LogP contribution >= 0.6 is 11.6 Å². The van der Waals surface area contributed by atoms with Crippen LogP contribution in [0.25, 0.3) is 22.2 Å². The van der Waals surface area contributed by atoms with E-state index in [1.54, 1.807) is 42.5 Å². The maximum absolute atomic E-state index is 13.4. The zero-order valence-corrected chi connectivity index (χ0v) is 23.3. The summed E-state index contributed by atoms with van der Waals surface area (Å²) in [5.74, 6) is 1.22. The van der Waals surface area contributed by atoms with Crippen LogP contribution in [0, 0.1) is 11.0 Å². The molecule has 0 radical (unpaired) electrons. The third-order valence-corrected chi connectivity index (χ3v) is 7.00. The Balaban J connectivity index is 1.32. The van der Waals surface area contributed by atoms with Crippen LogP contribution in [0.2, 0.25) is 5.02 Å². The Hall–Kier alpha value is -4.48. The van der Waals surface area contributed by atoms with E-state index in [1.807, 2.05) is 18.2 Å². The second-order valence-electron chi connectivity index (χ2n) is 9.26. The van der Waals surface area contributed by atoms with Crippen LogP contribution in [0.15, 0.2) is 83.5 Å². The monoisotopic (exact) mass is 594 g/mol. The highest BCUT2D eigenvalue weighted by atomic mass is 35.5. The topological polar surface area (TPSA) is 120 Å². The number of hydroxylamine groups is 1. The Morgan fingerprint density at radius 3 is 2.73 bits per heavy atom. The van der Waals surface area contributed by atoms with Crippen molar-refractivity contribution in [2.24, 2.45) is 0 Å². The lowest BCUT2D eigenvalue weighted by Crippen LogP contribution is -2.12. The highest BCUT2D eigenvalue weighted by Crippen LogP contribution is 2.33. The van der Waals surface area contributed by atoms with Crippen molar-refractivity contribution in [1.29, 1.82) is 0 Å². The third-order valence-electron chi connectivity index (χ3n) is 5.95. The number of benzene rings is 3. The molecule has 0 aliphatic carbocycles. The highest BCUT2D eigenvalue weighted by molar-refractivity contribution is 7.91. The van der Waals surface area contributed by atoms with Crippen LogP contribution in [0.4, 0.5) is 15.9 Å². The minimum absolute atomic E-state index is 0.123. The number of anilines is 2. The van der Waals surface area contributed by atoms with Gasteiger partial charge < -0.3 is 19.7 Å². The first-order chi connectivity index (χ1) is 19.6. The summed E-state index contributed by atoms with van der Waals surface area (Å²) in [5.41, 5.74) is 2.78. The van der Waals surface area contributed by atoms with E-state index in [9.17, 15) is 18.0 Å². The normalized spacial score (nSPS) is 12.0. The van der Waals surface area contributed by atoms with Gasteiger partial charge in [-0.25, -0.2) is 27.5 Å². The SMILES string of the molecule is CS(=O)(=O)C/C=[N+](/[O-])Cc1ccc(-c2ccc3ncnc(Nc4ccc(OCc5cccc(F)c5)c(Cl)c4)c3c2)o1. The molecule has 0 atom stereocenters. The number of hydrogen-bond donors (Lipinski definition) is 1. The average molecular weight is 595 g/mol. The molecule has 0 amide bonds. The fourth-order valence-corrected chi connectivity index (χ4v) is 4.66. The number of aromatic nitrogens is 2. The zero-order valence-electron chi connectivity index (χ0n) is 21.8. The van der Waals surface area contributed by atoms with Crippen molar-refractivity contribution in [3.8, 4) is 17.1 Å². The summed E-state index contributed by atoms with van der Waals surface area (Å²) in [6, 6.07) is 20.3. The smallest absolute Gasteiger partial charge is 0.210 e. The Kier molecular flexibility index (Phi) is 8.18. The van der Waals surface area contributed by atoms with Crippen molar-refractivity contribution in [1.82, 2.24) is 9.97 Å². The lowest BCUT2D eigenvalue weighted by molar-refractivity contribution is -0.473. The standard InChI is InChI=1S/C29H24ClFN4O5S/c1-41(37,38)12-11-35(36)16-23-7-10-27(40-23)20-5-8-26-24(14-20)29(33-18-32-26)34-22-6-9-28(25(30)15-22)39-17-19-3-2-4-21(31)13-19/h2-11,13-15,18H,12,16-17H2,1H3,(H,32,33,34)/b35-11+. The number of ether oxygens (including phenoxy) is 1. The van der Waals surface area contributed by atoms with Gasteiger partial charge in [0.15, 0.2) is 21.8 Å². The number of hydrogen-bond acceptors (Lipinski definition) is 8. The first-order valence-corrected chi connectivity index (χ1v) is 14.8. The van der Waals surface area contributed by atoms with Crippen LogP contribution < -0.4 is 10.1 Å². The Bertz CT molecular complexity index is 1860. The van der Waals surface area contributed by atoms with Gasteiger partial charge in [0, 0.05) is 22.9 Å². The predicted octanol–water partition coefficient (Wildman–Crippen LogP) is 6.13. The number of halogens is 2. The van der Waals surface area contributed by atoms with Gasteiger partial charge in [-0.2, -0.15) is 0 Å². The maximum Gasteiger partial charge on any atom is 0.210 e. The molecule has 0 unspecified atom stereocenters. The molecular formula is C29H24ClFN4O5S. The Morgan fingerprint density at radius 1 is 1.10 bits per heavy atom. The predicted molar refractivity (Wildman–Crippen MR) is 156 cm³/mol. The van der Waals surface area contributed by atoms with Gasteiger partial charge in [-0.05, 0) is 66.2 Å². The molecule has 2 heterocycles.